The Kier molecular flexibility index (Phi) is 6.45. The Labute approximate surface area is 303 Å². The van der Waals surface area contributed by atoms with Gasteiger partial charge in [0.1, 0.15) is 11.2 Å². The van der Waals surface area contributed by atoms with Gasteiger partial charge in [-0.05, 0) is 76.5 Å². The number of benzene rings is 8. The lowest BCUT2D eigenvalue weighted by molar-refractivity contribution is 0.263. The zero-order valence-corrected chi connectivity index (χ0v) is 28.7. The van der Waals surface area contributed by atoms with Gasteiger partial charge in [0.05, 0.1) is 21.5 Å². The van der Waals surface area contributed by atoms with Gasteiger partial charge in [-0.25, -0.2) is 0 Å². The van der Waals surface area contributed by atoms with Crippen LogP contribution in [0.2, 0.25) is 0 Å². The minimum absolute atomic E-state index is 0.266. The maximum Gasteiger partial charge on any atom is 0.196 e. The van der Waals surface area contributed by atoms with Crippen molar-refractivity contribution in [3.05, 3.63) is 175 Å². The van der Waals surface area contributed by atoms with Gasteiger partial charge in [0.2, 0.25) is 0 Å². The summed E-state index contributed by atoms with van der Waals surface area (Å²) in [5.41, 5.74) is 9.34. The summed E-state index contributed by atoms with van der Waals surface area (Å²) < 4.78 is 15.6. The molecule has 0 bridgehead atoms. The van der Waals surface area contributed by atoms with E-state index < -0.39 is 0 Å². The number of nitrogens with one attached hydrogen (secondary N) is 1. The van der Waals surface area contributed by atoms with Gasteiger partial charge in [-0.15, -0.1) is 11.3 Å². The fraction of sp³-hybridized carbons (Fsp3) is 0.0213. The summed E-state index contributed by atoms with van der Waals surface area (Å²) in [7, 11) is 0. The zero-order valence-electron chi connectivity index (χ0n) is 27.9. The summed E-state index contributed by atoms with van der Waals surface area (Å²) in [5, 5.41) is 10.6. The number of hydrogen-bond donors (Lipinski definition) is 1. The van der Waals surface area contributed by atoms with Gasteiger partial charge in [-0.2, -0.15) is 0 Å². The third kappa shape index (κ3) is 4.53. The van der Waals surface area contributed by atoms with Crippen LogP contribution in [0, 0.1) is 0 Å². The molecule has 3 heterocycles. The number of ether oxygens (including phenoxy) is 1. The van der Waals surface area contributed by atoms with E-state index in [0.717, 1.165) is 56.0 Å². The first-order valence-electron chi connectivity index (χ1n) is 17.5. The van der Waals surface area contributed by atoms with Crippen molar-refractivity contribution in [1.82, 2.24) is 0 Å². The summed E-state index contributed by atoms with van der Waals surface area (Å²) in [5.74, 6) is 0.819. The standard InChI is InChI=1S/C47H30N2O2S/c1-2-11-31(12-3-1)47-48-39-25-27-42-44(45(39)51-47)38-28-33(24-26-41(38)50-42)49(40-18-9-17-37-36-15-6-7-19-43(36)52-46(37)40)32-22-20-30(21-23-32)35-16-8-13-29-10-4-5-14-34(29)35/h1-28,47-48H. The third-order valence-corrected chi connectivity index (χ3v) is 11.5. The molecule has 246 valence electrons. The van der Waals surface area contributed by atoms with Crippen LogP contribution in [0.15, 0.2) is 174 Å². The Morgan fingerprint density at radius 2 is 1.29 bits per heavy atom. The lowest BCUT2D eigenvalue weighted by atomic mass is 9.98. The van der Waals surface area contributed by atoms with E-state index in [9.17, 15) is 0 Å². The monoisotopic (exact) mass is 686 g/mol. The second kappa shape index (κ2) is 11.5. The van der Waals surface area contributed by atoms with Gasteiger partial charge in [0, 0.05) is 37.8 Å². The number of anilines is 4. The van der Waals surface area contributed by atoms with Crippen LogP contribution in [0.1, 0.15) is 11.8 Å². The van der Waals surface area contributed by atoms with Crippen molar-refractivity contribution in [1.29, 1.82) is 0 Å². The molecule has 1 aliphatic heterocycles. The average Bonchev–Trinajstić information content (AvgIpc) is 3.92. The van der Waals surface area contributed by atoms with Gasteiger partial charge in [-0.3, -0.25) is 0 Å². The van der Waals surface area contributed by atoms with Crippen LogP contribution in [0.25, 0.3) is 64.0 Å². The van der Waals surface area contributed by atoms with Crippen LogP contribution in [0.4, 0.5) is 22.7 Å². The van der Waals surface area contributed by atoms with E-state index in [1.807, 2.05) is 35.6 Å². The second-order valence-electron chi connectivity index (χ2n) is 13.3. The van der Waals surface area contributed by atoms with Gasteiger partial charge in [-0.1, -0.05) is 115 Å². The van der Waals surface area contributed by atoms with E-state index in [1.54, 1.807) is 0 Å². The molecule has 1 N–H and O–H groups in total. The van der Waals surface area contributed by atoms with Gasteiger partial charge in [0.25, 0.3) is 0 Å². The quantitative estimate of drug-likeness (QED) is 0.196. The molecule has 1 unspecified atom stereocenters. The van der Waals surface area contributed by atoms with Gasteiger partial charge < -0.3 is 19.4 Å². The molecular weight excluding hydrogens is 657 g/mol. The number of nitrogens with zero attached hydrogens (tertiary/aromatic N) is 1. The summed E-state index contributed by atoms with van der Waals surface area (Å²) in [6.07, 6.45) is -0.266. The van der Waals surface area contributed by atoms with Crippen molar-refractivity contribution in [2.45, 2.75) is 6.23 Å². The molecule has 0 saturated heterocycles. The molecule has 11 rings (SSSR count). The number of fused-ring (bicyclic) bond motifs is 9. The SMILES string of the molecule is c1ccc(C2Nc3ccc4oc5ccc(N(c6ccc(-c7cccc8ccccc78)cc6)c6cccc7c6sc6ccccc67)cc5c4c3O2)cc1. The highest BCUT2D eigenvalue weighted by Crippen LogP contribution is 2.49. The predicted octanol–water partition coefficient (Wildman–Crippen LogP) is 13.7. The highest BCUT2D eigenvalue weighted by Gasteiger charge is 2.28. The van der Waals surface area contributed by atoms with E-state index in [2.05, 4.69) is 156 Å². The molecule has 1 aliphatic rings. The number of hydrogen-bond acceptors (Lipinski definition) is 5. The van der Waals surface area contributed by atoms with Crippen LogP contribution < -0.4 is 15.0 Å². The molecule has 10 aromatic rings. The minimum atomic E-state index is -0.266. The Hall–Kier alpha value is -6.56. The Balaban J connectivity index is 1.10. The number of furan rings is 1. The highest BCUT2D eigenvalue weighted by molar-refractivity contribution is 7.26. The van der Waals surface area contributed by atoms with Crippen LogP contribution in [-0.4, -0.2) is 0 Å². The van der Waals surface area contributed by atoms with Crippen molar-refractivity contribution in [2.75, 3.05) is 10.2 Å². The minimum Gasteiger partial charge on any atom is -0.464 e. The molecule has 4 nitrogen and oxygen atoms in total. The topological polar surface area (TPSA) is 37.6 Å². The fourth-order valence-corrected chi connectivity index (χ4v) is 9.08. The van der Waals surface area contributed by atoms with E-state index in [-0.39, 0.29) is 6.23 Å². The van der Waals surface area contributed by atoms with Crippen LogP contribution >= 0.6 is 11.3 Å². The maximum absolute atomic E-state index is 6.64. The molecule has 2 aromatic heterocycles. The summed E-state index contributed by atoms with van der Waals surface area (Å²) in [6.45, 7) is 0. The molecule has 0 fully saturated rings. The molecule has 8 aromatic carbocycles. The van der Waals surface area contributed by atoms with Crippen LogP contribution in [0.3, 0.4) is 0 Å². The summed E-state index contributed by atoms with van der Waals surface area (Å²) >= 11 is 1.84. The molecule has 5 heteroatoms. The Morgan fingerprint density at radius 1 is 0.558 bits per heavy atom. The normalized spacial score (nSPS) is 13.9. The summed E-state index contributed by atoms with van der Waals surface area (Å²) in [4.78, 5) is 2.39. The van der Waals surface area contributed by atoms with Crippen molar-refractivity contribution in [2.24, 2.45) is 0 Å². The van der Waals surface area contributed by atoms with Crippen molar-refractivity contribution in [3.8, 4) is 16.9 Å². The van der Waals surface area contributed by atoms with Crippen molar-refractivity contribution in [3.63, 3.8) is 0 Å². The van der Waals surface area contributed by atoms with Crippen LogP contribution in [0.5, 0.6) is 5.75 Å². The van der Waals surface area contributed by atoms with Gasteiger partial charge in [0.15, 0.2) is 12.0 Å². The first-order chi connectivity index (χ1) is 25.8. The van der Waals surface area contributed by atoms with E-state index >= 15 is 0 Å². The molecule has 0 amide bonds. The van der Waals surface area contributed by atoms with Gasteiger partial charge >= 0.3 is 0 Å². The number of thiophene rings is 1. The number of rotatable bonds is 5. The first kappa shape index (κ1) is 29.2. The molecule has 0 radical (unpaired) electrons. The lowest BCUT2D eigenvalue weighted by Crippen LogP contribution is -2.10. The lowest BCUT2D eigenvalue weighted by Gasteiger charge is -2.26. The smallest absolute Gasteiger partial charge is 0.196 e. The van der Waals surface area contributed by atoms with Crippen LogP contribution in [-0.2, 0) is 0 Å². The molecule has 0 spiro atoms. The van der Waals surface area contributed by atoms with E-state index in [0.29, 0.717) is 0 Å². The molecule has 0 aliphatic carbocycles. The fourth-order valence-electron chi connectivity index (χ4n) is 7.87. The van der Waals surface area contributed by atoms with E-state index in [4.69, 9.17) is 9.15 Å². The molecule has 1 atom stereocenters. The van der Waals surface area contributed by atoms with Crippen molar-refractivity contribution >= 4 is 87.0 Å². The molecule has 52 heavy (non-hydrogen) atoms. The van der Waals surface area contributed by atoms with Crippen molar-refractivity contribution < 1.29 is 9.15 Å². The Bertz CT molecular complexity index is 2980. The second-order valence-corrected chi connectivity index (χ2v) is 14.4. The average molecular weight is 687 g/mol. The highest BCUT2D eigenvalue weighted by atomic mass is 32.1. The molecular formula is C47H30N2O2S. The first-order valence-corrected chi connectivity index (χ1v) is 18.3. The molecule has 0 saturated carbocycles. The maximum atomic E-state index is 6.64. The Morgan fingerprint density at radius 3 is 2.19 bits per heavy atom. The van der Waals surface area contributed by atoms with E-state index in [1.165, 1.54) is 42.1 Å². The largest absolute Gasteiger partial charge is 0.464 e. The summed E-state index contributed by atoms with van der Waals surface area (Å²) in [6, 6.07) is 60.3. The zero-order chi connectivity index (χ0) is 34.2. The third-order valence-electron chi connectivity index (χ3n) is 10.3. The predicted molar refractivity (Wildman–Crippen MR) is 218 cm³/mol.